The molecule has 0 aliphatic carbocycles. The minimum atomic E-state index is -1.08. The lowest BCUT2D eigenvalue weighted by atomic mass is 9.94. The molecule has 3 fully saturated rings. The number of nitrogens with one attached hydrogen (secondary N) is 3. The number of hydrogen-bond donors (Lipinski definition) is 8. The third-order valence-electron chi connectivity index (χ3n) is 8.76. The number of fused-ring (bicyclic) bond motifs is 15. The number of hydrogen-bond acceptors (Lipinski definition) is 12. The van der Waals surface area contributed by atoms with Crippen molar-refractivity contribution >= 4 is 23.9 Å². The molecule has 0 amide bonds. The van der Waals surface area contributed by atoms with E-state index in [2.05, 4.69) is 41.9 Å². The van der Waals surface area contributed by atoms with Gasteiger partial charge in [-0.3, -0.25) is 38.8 Å². The molecule has 270 valence electrons. The summed E-state index contributed by atoms with van der Waals surface area (Å²) < 4.78 is 0. The molecule has 0 unspecified atom stereocenters. The first-order valence-corrected chi connectivity index (χ1v) is 16.5. The fourth-order valence-electron chi connectivity index (χ4n) is 6.58. The number of nitrogens with zero attached hydrogens (tertiary/aromatic N) is 4. The van der Waals surface area contributed by atoms with Crippen LogP contribution >= 0.6 is 0 Å². The highest BCUT2D eigenvalue weighted by Gasteiger charge is 2.38. The number of nitrogens with two attached hydrogens (primary N) is 1. The SMILES string of the molecule is CC(C)c1ccc(CNC23CNCCNCC(N)(CN(CC(=O)O)CCN(CC(=O)O)C2)CN(CC(=O)O)CCN(CC(=O)O)C3)cc1. The zero-order chi connectivity index (χ0) is 35.3. The molecule has 1 aromatic rings. The Kier molecular flexibility index (Phi) is 15.1. The Morgan fingerprint density at radius 3 is 1.50 bits per heavy atom. The molecule has 0 spiro atoms. The van der Waals surface area contributed by atoms with Crippen LogP contribution in [0, 0.1) is 0 Å². The summed E-state index contributed by atoms with van der Waals surface area (Å²) in [5.41, 5.74) is 7.18. The smallest absolute Gasteiger partial charge is 0.317 e. The van der Waals surface area contributed by atoms with Gasteiger partial charge in [0, 0.05) is 85.1 Å². The van der Waals surface area contributed by atoms with E-state index in [1.807, 2.05) is 12.1 Å². The molecular weight excluding hydrogens is 624 g/mol. The van der Waals surface area contributed by atoms with Gasteiger partial charge < -0.3 is 42.1 Å². The lowest BCUT2D eigenvalue weighted by Gasteiger charge is -2.45. The molecule has 3 aliphatic heterocycles. The molecule has 1 aromatic carbocycles. The lowest BCUT2D eigenvalue weighted by Crippen LogP contribution is -2.67. The predicted molar refractivity (Wildman–Crippen MR) is 179 cm³/mol. The molecule has 4 rings (SSSR count). The predicted octanol–water partition coefficient (Wildman–Crippen LogP) is -1.91. The Labute approximate surface area is 282 Å². The fourth-order valence-corrected chi connectivity index (χ4v) is 6.58. The third kappa shape index (κ3) is 13.7. The third-order valence-corrected chi connectivity index (χ3v) is 8.76. The second kappa shape index (κ2) is 18.5. The summed E-state index contributed by atoms with van der Waals surface area (Å²) in [6, 6.07) is 8.23. The normalized spacial score (nSPS) is 25.0. The summed E-state index contributed by atoms with van der Waals surface area (Å²) in [5.74, 6) is -3.85. The Bertz CT molecular complexity index is 1170. The number of carbonyl (C=O) groups is 4. The molecule has 16 heteroatoms. The van der Waals surface area contributed by atoms with Gasteiger partial charge in [-0.25, -0.2) is 0 Å². The van der Waals surface area contributed by atoms with Gasteiger partial charge in [0.15, 0.2) is 0 Å². The summed E-state index contributed by atoms with van der Waals surface area (Å²) in [6.07, 6.45) is 0. The highest BCUT2D eigenvalue weighted by atomic mass is 16.4. The molecule has 3 saturated heterocycles. The molecule has 0 saturated carbocycles. The molecule has 9 N–H and O–H groups in total. The average molecular weight is 679 g/mol. The van der Waals surface area contributed by atoms with E-state index in [1.54, 1.807) is 19.6 Å². The van der Waals surface area contributed by atoms with Crippen molar-refractivity contribution in [2.75, 3.05) is 105 Å². The maximum Gasteiger partial charge on any atom is 0.317 e. The van der Waals surface area contributed by atoms with Gasteiger partial charge in [0.25, 0.3) is 0 Å². The lowest BCUT2D eigenvalue weighted by molar-refractivity contribution is -0.141. The van der Waals surface area contributed by atoms with Crippen molar-refractivity contribution in [1.29, 1.82) is 0 Å². The van der Waals surface area contributed by atoms with E-state index in [0.717, 1.165) is 5.56 Å². The number of aliphatic carboxylic acids is 4. The molecule has 3 aliphatic rings. The summed E-state index contributed by atoms with van der Waals surface area (Å²) in [4.78, 5) is 55.0. The van der Waals surface area contributed by atoms with Crippen LogP contribution < -0.4 is 21.7 Å². The van der Waals surface area contributed by atoms with Crippen LogP contribution in [-0.2, 0) is 25.7 Å². The van der Waals surface area contributed by atoms with Crippen molar-refractivity contribution in [3.05, 3.63) is 35.4 Å². The van der Waals surface area contributed by atoms with Gasteiger partial charge in [-0.1, -0.05) is 38.1 Å². The molecule has 0 radical (unpaired) electrons. The van der Waals surface area contributed by atoms with Crippen LogP contribution in [0.4, 0.5) is 0 Å². The molecule has 3 heterocycles. The highest BCUT2D eigenvalue weighted by Crippen LogP contribution is 2.18. The van der Waals surface area contributed by atoms with E-state index in [4.69, 9.17) is 5.73 Å². The fraction of sp³-hybridized carbons (Fsp3) is 0.688. The zero-order valence-electron chi connectivity index (χ0n) is 28.2. The summed E-state index contributed by atoms with van der Waals surface area (Å²) in [5, 5.41) is 49.9. The van der Waals surface area contributed by atoms with Crippen LogP contribution in [-0.4, -0.2) is 180 Å². The maximum absolute atomic E-state index is 12.1. The minimum Gasteiger partial charge on any atom is -0.480 e. The zero-order valence-corrected chi connectivity index (χ0v) is 28.2. The second-order valence-corrected chi connectivity index (χ2v) is 13.7. The highest BCUT2D eigenvalue weighted by molar-refractivity contribution is 5.70. The van der Waals surface area contributed by atoms with E-state index in [-0.39, 0.29) is 85.1 Å². The van der Waals surface area contributed by atoms with Gasteiger partial charge >= 0.3 is 23.9 Å². The Balaban J connectivity index is 2.12. The van der Waals surface area contributed by atoms with Gasteiger partial charge in [0.1, 0.15) is 0 Å². The Hall–Kier alpha value is -3.22. The maximum atomic E-state index is 12.1. The van der Waals surface area contributed by atoms with Gasteiger partial charge in [0.2, 0.25) is 0 Å². The van der Waals surface area contributed by atoms with Crippen molar-refractivity contribution in [3.8, 4) is 0 Å². The monoisotopic (exact) mass is 678 g/mol. The van der Waals surface area contributed by atoms with Gasteiger partial charge in [-0.2, -0.15) is 0 Å². The molecule has 0 atom stereocenters. The molecule has 2 bridgehead atoms. The first-order valence-electron chi connectivity index (χ1n) is 16.5. The average Bonchev–Trinajstić information content (AvgIpc) is 2.97. The number of carboxylic acids is 4. The molecular formula is C32H54N8O8. The topological polar surface area (TPSA) is 224 Å². The van der Waals surface area contributed by atoms with E-state index in [0.29, 0.717) is 32.1 Å². The van der Waals surface area contributed by atoms with E-state index < -0.39 is 35.0 Å². The minimum absolute atomic E-state index is 0.103. The van der Waals surface area contributed by atoms with Crippen LogP contribution in [0.1, 0.15) is 30.9 Å². The van der Waals surface area contributed by atoms with Crippen LogP contribution in [0.2, 0.25) is 0 Å². The summed E-state index contributed by atoms with van der Waals surface area (Å²) in [6.45, 7) is 6.40. The van der Waals surface area contributed by atoms with Crippen LogP contribution in [0.25, 0.3) is 0 Å². The van der Waals surface area contributed by atoms with Gasteiger partial charge in [-0.15, -0.1) is 0 Å². The summed E-state index contributed by atoms with van der Waals surface area (Å²) >= 11 is 0. The molecule has 48 heavy (non-hydrogen) atoms. The van der Waals surface area contributed by atoms with Crippen molar-refractivity contribution in [2.24, 2.45) is 5.73 Å². The first-order chi connectivity index (χ1) is 22.7. The second-order valence-electron chi connectivity index (χ2n) is 13.7. The van der Waals surface area contributed by atoms with Crippen LogP contribution in [0.15, 0.2) is 24.3 Å². The number of carboxylic acid groups (broad SMARTS) is 4. The van der Waals surface area contributed by atoms with Crippen molar-refractivity contribution in [2.45, 2.75) is 37.4 Å². The molecule has 0 aromatic heterocycles. The Morgan fingerprint density at radius 2 is 1.10 bits per heavy atom. The number of benzene rings is 1. The quantitative estimate of drug-likeness (QED) is 0.121. The van der Waals surface area contributed by atoms with E-state index in [1.165, 1.54) is 5.56 Å². The van der Waals surface area contributed by atoms with Crippen molar-refractivity contribution < 1.29 is 39.6 Å². The standard InChI is InChI=1S/C32H54N8O8/c1-24(2)26-5-3-25(4-6-26)13-36-32-19-35-8-7-34-18-31(33,20-37(14-27(41)42)9-11-39(22-32)16-29(45)46)21-38(15-28(43)44)10-12-40(23-32)17-30(47)48/h3-6,24,34-36H,7-23,33H2,1-2H3,(H,41,42)(H,43,44)(H,45,46)(H,47,48). The van der Waals surface area contributed by atoms with E-state index in [9.17, 15) is 39.6 Å². The Morgan fingerprint density at radius 1 is 0.708 bits per heavy atom. The molecule has 16 nitrogen and oxygen atoms in total. The van der Waals surface area contributed by atoms with Crippen molar-refractivity contribution in [1.82, 2.24) is 35.6 Å². The van der Waals surface area contributed by atoms with Crippen molar-refractivity contribution in [3.63, 3.8) is 0 Å². The van der Waals surface area contributed by atoms with Gasteiger partial charge in [-0.05, 0) is 17.0 Å². The largest absolute Gasteiger partial charge is 0.480 e. The summed E-state index contributed by atoms with van der Waals surface area (Å²) in [7, 11) is 0. The van der Waals surface area contributed by atoms with Crippen LogP contribution in [0.3, 0.4) is 0 Å². The number of rotatable bonds is 12. The van der Waals surface area contributed by atoms with E-state index >= 15 is 0 Å². The van der Waals surface area contributed by atoms with Gasteiger partial charge in [0.05, 0.1) is 37.3 Å². The first kappa shape index (κ1) is 39.2. The van der Waals surface area contributed by atoms with Crippen LogP contribution in [0.5, 0.6) is 0 Å².